The molecular formula is C10H8BrFN2O. The van der Waals surface area contributed by atoms with Gasteiger partial charge in [-0.2, -0.15) is 5.26 Å². The fourth-order valence-corrected chi connectivity index (χ4v) is 1.49. The van der Waals surface area contributed by atoms with Crippen LogP contribution in [0.25, 0.3) is 0 Å². The number of carbonyl (C=O) groups excluding carboxylic acids is 1. The molecule has 0 N–H and O–H groups in total. The summed E-state index contributed by atoms with van der Waals surface area (Å²) in [4.78, 5) is 12.9. The Morgan fingerprint density at radius 2 is 2.33 bits per heavy atom. The molecule has 3 nitrogen and oxygen atoms in total. The molecule has 0 saturated heterocycles. The molecule has 0 aliphatic rings. The summed E-state index contributed by atoms with van der Waals surface area (Å²) in [5.41, 5.74) is 0.216. The molecule has 1 aromatic rings. The van der Waals surface area contributed by atoms with E-state index in [4.69, 9.17) is 5.26 Å². The summed E-state index contributed by atoms with van der Waals surface area (Å²) in [5, 5.41) is 8.43. The van der Waals surface area contributed by atoms with Crippen LogP contribution in [0.3, 0.4) is 0 Å². The average Bonchev–Trinajstić information content (AvgIpc) is 2.21. The molecule has 15 heavy (non-hydrogen) atoms. The second-order valence-corrected chi connectivity index (χ2v) is 3.71. The zero-order valence-corrected chi connectivity index (χ0v) is 9.58. The Balaban J connectivity index is 3.02. The number of nitriles is 1. The Labute approximate surface area is 95.2 Å². The summed E-state index contributed by atoms with van der Waals surface area (Å²) < 4.78 is 13.2. The largest absolute Gasteiger partial charge is 0.328 e. The lowest BCUT2D eigenvalue weighted by molar-refractivity contribution is 0.0810. The Kier molecular flexibility index (Phi) is 3.81. The number of rotatable bonds is 2. The normalized spacial score (nSPS) is 9.47. The van der Waals surface area contributed by atoms with E-state index in [9.17, 15) is 9.18 Å². The molecule has 0 radical (unpaired) electrons. The van der Waals surface area contributed by atoms with Crippen LogP contribution >= 0.6 is 15.9 Å². The molecule has 0 aliphatic carbocycles. The maximum Gasteiger partial charge on any atom is 0.255 e. The minimum absolute atomic E-state index is 0.0260. The fraction of sp³-hybridized carbons (Fsp3) is 0.200. The Morgan fingerprint density at radius 3 is 2.93 bits per heavy atom. The first-order chi connectivity index (χ1) is 7.07. The van der Waals surface area contributed by atoms with Crippen molar-refractivity contribution in [2.75, 3.05) is 13.6 Å². The van der Waals surface area contributed by atoms with Crippen LogP contribution in [0, 0.1) is 17.1 Å². The van der Waals surface area contributed by atoms with E-state index in [0.717, 1.165) is 0 Å². The number of amides is 1. The van der Waals surface area contributed by atoms with Crippen molar-refractivity contribution >= 4 is 21.8 Å². The maximum atomic E-state index is 13.1. The number of nitrogens with zero attached hydrogens (tertiary/aromatic N) is 2. The van der Waals surface area contributed by atoms with Gasteiger partial charge in [0.2, 0.25) is 0 Å². The molecule has 5 heteroatoms. The third kappa shape index (κ3) is 2.54. The van der Waals surface area contributed by atoms with Crippen molar-refractivity contribution < 1.29 is 9.18 Å². The number of carbonyl (C=O) groups is 1. The van der Waals surface area contributed by atoms with Gasteiger partial charge in [-0.25, -0.2) is 4.39 Å². The molecule has 0 aromatic heterocycles. The highest BCUT2D eigenvalue weighted by Crippen LogP contribution is 2.21. The summed E-state index contributed by atoms with van der Waals surface area (Å²) >= 11 is 2.99. The van der Waals surface area contributed by atoms with Gasteiger partial charge < -0.3 is 4.90 Å². The maximum absolute atomic E-state index is 13.1. The zero-order valence-electron chi connectivity index (χ0n) is 8.00. The van der Waals surface area contributed by atoms with Crippen LogP contribution in [0.5, 0.6) is 0 Å². The molecule has 1 aromatic carbocycles. The SMILES string of the molecule is CN(CC#N)C(=O)c1cccc(F)c1Br. The smallest absolute Gasteiger partial charge is 0.255 e. The molecule has 0 atom stereocenters. The lowest BCUT2D eigenvalue weighted by atomic mass is 10.2. The van der Waals surface area contributed by atoms with Crippen LogP contribution in [-0.4, -0.2) is 24.4 Å². The van der Waals surface area contributed by atoms with Crippen LogP contribution in [0.15, 0.2) is 22.7 Å². The molecule has 0 fully saturated rings. The average molecular weight is 271 g/mol. The number of benzene rings is 1. The van der Waals surface area contributed by atoms with Crippen molar-refractivity contribution in [3.63, 3.8) is 0 Å². The van der Waals surface area contributed by atoms with Crippen molar-refractivity contribution in [1.82, 2.24) is 4.90 Å². The van der Waals surface area contributed by atoms with Crippen molar-refractivity contribution in [3.05, 3.63) is 34.1 Å². The second kappa shape index (κ2) is 4.89. The third-order valence-corrected chi connectivity index (χ3v) is 2.64. The molecule has 1 rings (SSSR count). The molecule has 0 aliphatic heterocycles. The van der Waals surface area contributed by atoms with Crippen molar-refractivity contribution in [3.8, 4) is 6.07 Å². The molecule has 0 heterocycles. The second-order valence-electron chi connectivity index (χ2n) is 2.92. The Hall–Kier alpha value is -1.41. The summed E-state index contributed by atoms with van der Waals surface area (Å²) in [6.07, 6.45) is 0. The Morgan fingerprint density at radius 1 is 1.67 bits per heavy atom. The predicted octanol–water partition coefficient (Wildman–Crippen LogP) is 2.18. The topological polar surface area (TPSA) is 44.1 Å². The molecule has 0 unspecified atom stereocenters. The third-order valence-electron chi connectivity index (χ3n) is 1.84. The molecule has 78 valence electrons. The van der Waals surface area contributed by atoms with E-state index in [0.29, 0.717) is 0 Å². The van der Waals surface area contributed by atoms with Gasteiger partial charge >= 0.3 is 0 Å². The van der Waals surface area contributed by atoms with E-state index in [2.05, 4.69) is 15.9 Å². The number of hydrogen-bond acceptors (Lipinski definition) is 2. The minimum atomic E-state index is -0.494. The van der Waals surface area contributed by atoms with Crippen molar-refractivity contribution in [2.45, 2.75) is 0 Å². The van der Waals surface area contributed by atoms with Crippen LogP contribution in [0.1, 0.15) is 10.4 Å². The summed E-state index contributed by atoms with van der Waals surface area (Å²) in [6.45, 7) is -0.0260. The quantitative estimate of drug-likeness (QED) is 0.774. The van der Waals surface area contributed by atoms with Crippen LogP contribution in [0.2, 0.25) is 0 Å². The van der Waals surface area contributed by atoms with Crippen LogP contribution < -0.4 is 0 Å². The highest BCUT2D eigenvalue weighted by Gasteiger charge is 2.16. The van der Waals surface area contributed by atoms with Crippen LogP contribution in [-0.2, 0) is 0 Å². The molecular weight excluding hydrogens is 263 g/mol. The lowest BCUT2D eigenvalue weighted by Gasteiger charge is -2.14. The molecule has 0 saturated carbocycles. The fourth-order valence-electron chi connectivity index (χ4n) is 1.05. The molecule has 0 bridgehead atoms. The van der Waals surface area contributed by atoms with E-state index < -0.39 is 5.82 Å². The molecule has 0 spiro atoms. The highest BCUT2D eigenvalue weighted by atomic mass is 79.9. The van der Waals surface area contributed by atoms with Gasteiger partial charge in [0.05, 0.1) is 16.1 Å². The van der Waals surface area contributed by atoms with Gasteiger partial charge in [-0.05, 0) is 28.1 Å². The first-order valence-electron chi connectivity index (χ1n) is 4.14. The van der Waals surface area contributed by atoms with Gasteiger partial charge in [-0.1, -0.05) is 6.07 Å². The van der Waals surface area contributed by atoms with E-state index in [1.807, 2.05) is 6.07 Å². The van der Waals surface area contributed by atoms with Crippen LogP contribution in [0.4, 0.5) is 4.39 Å². The lowest BCUT2D eigenvalue weighted by Crippen LogP contribution is -2.27. The summed E-state index contributed by atoms with van der Waals surface area (Å²) in [6, 6.07) is 6.06. The predicted molar refractivity (Wildman–Crippen MR) is 56.7 cm³/mol. The van der Waals surface area contributed by atoms with Gasteiger partial charge in [-0.15, -0.1) is 0 Å². The number of halogens is 2. The van der Waals surface area contributed by atoms with E-state index >= 15 is 0 Å². The van der Waals surface area contributed by atoms with Crippen molar-refractivity contribution in [1.29, 1.82) is 5.26 Å². The first-order valence-corrected chi connectivity index (χ1v) is 4.93. The standard InChI is InChI=1S/C10H8BrFN2O/c1-14(6-5-13)10(15)7-3-2-4-8(12)9(7)11/h2-4H,6H2,1H3. The van der Waals surface area contributed by atoms with E-state index in [1.54, 1.807) is 0 Å². The minimum Gasteiger partial charge on any atom is -0.328 e. The van der Waals surface area contributed by atoms with E-state index in [-0.39, 0.29) is 22.5 Å². The van der Waals surface area contributed by atoms with Gasteiger partial charge in [0.15, 0.2) is 0 Å². The van der Waals surface area contributed by atoms with Gasteiger partial charge in [0.1, 0.15) is 12.4 Å². The van der Waals surface area contributed by atoms with E-state index in [1.165, 1.54) is 30.1 Å². The highest BCUT2D eigenvalue weighted by molar-refractivity contribution is 9.10. The number of hydrogen-bond donors (Lipinski definition) is 0. The monoisotopic (exact) mass is 270 g/mol. The van der Waals surface area contributed by atoms with Gasteiger partial charge in [0, 0.05) is 7.05 Å². The zero-order chi connectivity index (χ0) is 11.4. The Bertz CT molecular complexity index is 428. The molecule has 1 amide bonds. The first kappa shape index (κ1) is 11.7. The van der Waals surface area contributed by atoms with Gasteiger partial charge in [-0.3, -0.25) is 4.79 Å². The summed E-state index contributed by atoms with van der Waals surface area (Å²) in [5.74, 6) is -0.880. The van der Waals surface area contributed by atoms with Gasteiger partial charge in [0.25, 0.3) is 5.91 Å². The summed E-state index contributed by atoms with van der Waals surface area (Å²) in [7, 11) is 1.49. The van der Waals surface area contributed by atoms with Crippen molar-refractivity contribution in [2.24, 2.45) is 0 Å².